The molecule has 1 saturated heterocycles. The minimum absolute atomic E-state index is 0.0915. The number of β-amino-alcohol motifs (C(OH)–C–C–N with tert-alkyl or cyclic N) is 1. The minimum Gasteiger partial charge on any atom is -0.392 e. The van der Waals surface area contributed by atoms with Crippen LogP contribution in [0.1, 0.15) is 40.5 Å². The van der Waals surface area contributed by atoms with Crippen LogP contribution in [-0.2, 0) is 0 Å². The Balaban J connectivity index is 2.50. The van der Waals surface area contributed by atoms with Crippen molar-refractivity contribution in [1.82, 2.24) is 4.90 Å². The molecule has 1 aliphatic rings. The van der Waals surface area contributed by atoms with E-state index in [1.165, 1.54) is 6.42 Å². The highest BCUT2D eigenvalue weighted by Crippen LogP contribution is 2.25. The van der Waals surface area contributed by atoms with Gasteiger partial charge in [-0.1, -0.05) is 13.8 Å². The fourth-order valence-corrected chi connectivity index (χ4v) is 2.32. The molecule has 1 N–H and O–H groups in total. The molecule has 0 spiro atoms. The van der Waals surface area contributed by atoms with Crippen molar-refractivity contribution in [2.75, 3.05) is 6.54 Å². The maximum absolute atomic E-state index is 9.59. The second-order valence-electron chi connectivity index (χ2n) is 4.96. The number of aliphatic hydroxyl groups is 1. The van der Waals surface area contributed by atoms with Crippen LogP contribution >= 0.6 is 0 Å². The zero-order valence-corrected chi connectivity index (χ0v) is 9.33. The summed E-state index contributed by atoms with van der Waals surface area (Å²) in [6.45, 7) is 9.80. The van der Waals surface area contributed by atoms with Gasteiger partial charge in [-0.25, -0.2) is 0 Å². The van der Waals surface area contributed by atoms with Crippen LogP contribution in [0.5, 0.6) is 0 Å². The van der Waals surface area contributed by atoms with Gasteiger partial charge in [0, 0.05) is 18.6 Å². The lowest BCUT2D eigenvalue weighted by molar-refractivity contribution is 0.154. The van der Waals surface area contributed by atoms with E-state index in [0.29, 0.717) is 12.1 Å². The Morgan fingerprint density at radius 2 is 1.92 bits per heavy atom. The van der Waals surface area contributed by atoms with Crippen molar-refractivity contribution in [2.24, 2.45) is 5.92 Å². The molecule has 13 heavy (non-hydrogen) atoms. The maximum atomic E-state index is 9.59. The number of rotatable bonds is 3. The summed E-state index contributed by atoms with van der Waals surface area (Å²) in [6.07, 6.45) is 2.09. The number of likely N-dealkylation sites (tertiary alicyclic amines) is 1. The van der Waals surface area contributed by atoms with E-state index >= 15 is 0 Å². The second-order valence-corrected chi connectivity index (χ2v) is 4.96. The van der Waals surface area contributed by atoms with Crippen molar-refractivity contribution in [1.29, 1.82) is 0 Å². The molecule has 2 nitrogen and oxygen atoms in total. The molecule has 0 aliphatic carbocycles. The van der Waals surface area contributed by atoms with E-state index in [4.69, 9.17) is 0 Å². The van der Waals surface area contributed by atoms with Crippen molar-refractivity contribution in [3.05, 3.63) is 0 Å². The van der Waals surface area contributed by atoms with Crippen LogP contribution in [0, 0.1) is 5.92 Å². The average molecular weight is 185 g/mol. The normalized spacial score (nSPS) is 30.7. The smallest absolute Gasteiger partial charge is 0.0682 e. The molecule has 0 aromatic heterocycles. The van der Waals surface area contributed by atoms with Gasteiger partial charge in [0.2, 0.25) is 0 Å². The Labute approximate surface area is 81.9 Å². The summed E-state index contributed by atoms with van der Waals surface area (Å²) in [5.41, 5.74) is 0. The van der Waals surface area contributed by atoms with Crippen LogP contribution in [0.2, 0.25) is 0 Å². The Morgan fingerprint density at radius 1 is 1.31 bits per heavy atom. The fraction of sp³-hybridized carbons (Fsp3) is 1.00. The summed E-state index contributed by atoms with van der Waals surface area (Å²) in [5.74, 6) is 0.733. The number of aliphatic hydroxyl groups excluding tert-OH is 1. The monoisotopic (exact) mass is 185 g/mol. The molecule has 0 unspecified atom stereocenters. The molecule has 78 valence electrons. The van der Waals surface area contributed by atoms with Crippen molar-refractivity contribution < 1.29 is 5.11 Å². The number of nitrogens with zero attached hydrogens (tertiary/aromatic N) is 1. The number of hydrogen-bond donors (Lipinski definition) is 1. The van der Waals surface area contributed by atoms with Gasteiger partial charge < -0.3 is 5.11 Å². The third kappa shape index (κ3) is 2.96. The SMILES string of the molecule is CC(C)C[C@H]1C[C@@H](O)CN1C(C)C. The van der Waals surface area contributed by atoms with Crippen molar-refractivity contribution in [3.8, 4) is 0 Å². The average Bonchev–Trinajstić information content (AvgIpc) is 2.29. The summed E-state index contributed by atoms with van der Waals surface area (Å²) in [5, 5.41) is 9.59. The predicted octanol–water partition coefficient (Wildman–Crippen LogP) is 1.88. The molecule has 0 aromatic carbocycles. The third-order valence-corrected chi connectivity index (χ3v) is 2.84. The summed E-state index contributed by atoms with van der Waals surface area (Å²) in [4.78, 5) is 2.44. The summed E-state index contributed by atoms with van der Waals surface area (Å²) in [7, 11) is 0. The Kier molecular flexibility index (Phi) is 3.74. The molecular weight excluding hydrogens is 162 g/mol. The first-order chi connectivity index (χ1) is 6.00. The maximum Gasteiger partial charge on any atom is 0.0682 e. The van der Waals surface area contributed by atoms with Gasteiger partial charge in [-0.15, -0.1) is 0 Å². The van der Waals surface area contributed by atoms with Gasteiger partial charge in [-0.05, 0) is 32.6 Å². The second kappa shape index (κ2) is 4.43. The fourth-order valence-electron chi connectivity index (χ4n) is 2.32. The lowest BCUT2D eigenvalue weighted by Gasteiger charge is -2.28. The van der Waals surface area contributed by atoms with E-state index < -0.39 is 0 Å². The van der Waals surface area contributed by atoms with Gasteiger partial charge >= 0.3 is 0 Å². The van der Waals surface area contributed by atoms with E-state index in [-0.39, 0.29) is 6.10 Å². The lowest BCUT2D eigenvalue weighted by atomic mass is 10.0. The van der Waals surface area contributed by atoms with Crippen molar-refractivity contribution in [3.63, 3.8) is 0 Å². The topological polar surface area (TPSA) is 23.5 Å². The van der Waals surface area contributed by atoms with E-state index in [9.17, 15) is 5.11 Å². The Hall–Kier alpha value is -0.0800. The summed E-state index contributed by atoms with van der Waals surface area (Å²) < 4.78 is 0. The van der Waals surface area contributed by atoms with Crippen molar-refractivity contribution in [2.45, 2.75) is 58.7 Å². The van der Waals surface area contributed by atoms with E-state index in [2.05, 4.69) is 32.6 Å². The largest absolute Gasteiger partial charge is 0.392 e. The van der Waals surface area contributed by atoms with Gasteiger partial charge in [0.25, 0.3) is 0 Å². The quantitative estimate of drug-likeness (QED) is 0.725. The van der Waals surface area contributed by atoms with Crippen LogP contribution in [-0.4, -0.2) is 34.7 Å². The van der Waals surface area contributed by atoms with Crippen LogP contribution in [0.25, 0.3) is 0 Å². The first kappa shape index (κ1) is 11.0. The van der Waals surface area contributed by atoms with Crippen LogP contribution in [0.15, 0.2) is 0 Å². The molecule has 0 bridgehead atoms. The highest BCUT2D eigenvalue weighted by molar-refractivity contribution is 4.87. The number of hydrogen-bond acceptors (Lipinski definition) is 2. The molecule has 0 aromatic rings. The molecule has 0 saturated carbocycles. The zero-order valence-electron chi connectivity index (χ0n) is 9.33. The lowest BCUT2D eigenvalue weighted by Crippen LogP contribution is -2.36. The molecule has 2 heteroatoms. The van der Waals surface area contributed by atoms with E-state index in [1.54, 1.807) is 0 Å². The first-order valence-electron chi connectivity index (χ1n) is 5.44. The standard InChI is InChI=1S/C11H23NO/c1-8(2)5-10-6-11(13)7-12(10)9(3)4/h8-11,13H,5-7H2,1-4H3/t10-,11+/m0/s1. The molecule has 1 aliphatic heterocycles. The van der Waals surface area contributed by atoms with Gasteiger partial charge in [0.05, 0.1) is 6.10 Å². The first-order valence-corrected chi connectivity index (χ1v) is 5.44. The van der Waals surface area contributed by atoms with Gasteiger partial charge in [0.15, 0.2) is 0 Å². The van der Waals surface area contributed by atoms with E-state index in [0.717, 1.165) is 18.9 Å². The molecule has 1 rings (SSSR count). The Morgan fingerprint density at radius 3 is 2.38 bits per heavy atom. The summed E-state index contributed by atoms with van der Waals surface area (Å²) in [6, 6.07) is 1.18. The van der Waals surface area contributed by atoms with E-state index in [1.807, 2.05) is 0 Å². The van der Waals surface area contributed by atoms with Crippen LogP contribution in [0.3, 0.4) is 0 Å². The van der Waals surface area contributed by atoms with Gasteiger partial charge in [-0.3, -0.25) is 4.90 Å². The van der Waals surface area contributed by atoms with Gasteiger partial charge in [-0.2, -0.15) is 0 Å². The van der Waals surface area contributed by atoms with Gasteiger partial charge in [0.1, 0.15) is 0 Å². The van der Waals surface area contributed by atoms with Crippen LogP contribution in [0.4, 0.5) is 0 Å². The van der Waals surface area contributed by atoms with Crippen molar-refractivity contribution >= 4 is 0 Å². The highest BCUT2D eigenvalue weighted by atomic mass is 16.3. The predicted molar refractivity (Wildman–Crippen MR) is 55.7 cm³/mol. The molecule has 0 radical (unpaired) electrons. The summed E-state index contributed by atoms with van der Waals surface area (Å²) >= 11 is 0. The highest BCUT2D eigenvalue weighted by Gasteiger charge is 2.32. The third-order valence-electron chi connectivity index (χ3n) is 2.84. The molecule has 0 amide bonds. The molecular formula is C11H23NO. The van der Waals surface area contributed by atoms with Crippen LogP contribution < -0.4 is 0 Å². The Bertz CT molecular complexity index is 156. The molecule has 1 heterocycles. The molecule has 2 atom stereocenters. The zero-order chi connectivity index (χ0) is 10.0. The molecule has 1 fully saturated rings. The minimum atomic E-state index is -0.0915.